The fraction of sp³-hybridized carbons (Fsp3) is 0.462. The molecule has 0 bridgehead atoms. The molecule has 1 aliphatic heterocycles. The third-order valence-corrected chi connectivity index (χ3v) is 3.00. The molecule has 1 saturated heterocycles. The highest BCUT2D eigenvalue weighted by Crippen LogP contribution is 2.21. The van der Waals surface area contributed by atoms with Gasteiger partial charge in [-0.1, -0.05) is 12.1 Å². The van der Waals surface area contributed by atoms with Gasteiger partial charge in [0.25, 0.3) is 0 Å². The van der Waals surface area contributed by atoms with Crippen LogP contribution in [-0.2, 0) is 4.74 Å². The van der Waals surface area contributed by atoms with E-state index in [0.29, 0.717) is 0 Å². The van der Waals surface area contributed by atoms with Crippen molar-refractivity contribution >= 4 is 6.09 Å². The van der Waals surface area contributed by atoms with Gasteiger partial charge < -0.3 is 14.7 Å². The van der Waals surface area contributed by atoms with Crippen LogP contribution in [0.2, 0.25) is 0 Å². The van der Waals surface area contributed by atoms with E-state index in [-0.39, 0.29) is 17.9 Å². The summed E-state index contributed by atoms with van der Waals surface area (Å²) in [5.41, 5.74) is 0.885. The Labute approximate surface area is 101 Å². The molecular formula is C13H17NO3. The highest BCUT2D eigenvalue weighted by molar-refractivity contribution is 5.68. The number of carbonyl (C=O) groups excluding carboxylic acids is 1. The Morgan fingerprint density at radius 3 is 2.47 bits per heavy atom. The van der Waals surface area contributed by atoms with Crippen molar-refractivity contribution in [2.24, 2.45) is 0 Å². The topological polar surface area (TPSA) is 49.8 Å². The van der Waals surface area contributed by atoms with Crippen LogP contribution in [-0.4, -0.2) is 29.2 Å². The molecule has 1 heterocycles. The lowest BCUT2D eigenvalue weighted by Crippen LogP contribution is -2.29. The maximum Gasteiger partial charge on any atom is 0.410 e. The smallest absolute Gasteiger partial charge is 0.410 e. The Bertz CT molecular complexity index is 382. The molecule has 4 nitrogen and oxygen atoms in total. The van der Waals surface area contributed by atoms with Crippen molar-refractivity contribution in [3.8, 4) is 5.75 Å². The molecule has 0 spiro atoms. The molecule has 0 aliphatic carbocycles. The number of aromatic hydroxyl groups is 1. The summed E-state index contributed by atoms with van der Waals surface area (Å²) in [6.45, 7) is 3.42. The normalized spacial score (nSPS) is 16.9. The van der Waals surface area contributed by atoms with Crippen LogP contribution in [0, 0.1) is 0 Å². The zero-order valence-electron chi connectivity index (χ0n) is 9.93. The molecule has 0 saturated carbocycles. The SMILES string of the molecule is CC(OC(=O)N1CCCC1)c1ccc(O)cc1. The lowest BCUT2D eigenvalue weighted by atomic mass is 10.1. The van der Waals surface area contributed by atoms with Crippen molar-refractivity contribution in [3.63, 3.8) is 0 Å². The second-order valence-corrected chi connectivity index (χ2v) is 4.31. The molecule has 17 heavy (non-hydrogen) atoms. The monoisotopic (exact) mass is 235 g/mol. The number of rotatable bonds is 2. The minimum Gasteiger partial charge on any atom is -0.508 e. The van der Waals surface area contributed by atoms with Crippen LogP contribution in [0.3, 0.4) is 0 Å². The van der Waals surface area contributed by atoms with Crippen molar-refractivity contribution in [1.82, 2.24) is 4.90 Å². The van der Waals surface area contributed by atoms with Crippen molar-refractivity contribution in [1.29, 1.82) is 0 Å². The first-order valence-corrected chi connectivity index (χ1v) is 5.91. The first kappa shape index (κ1) is 11.8. The third-order valence-electron chi connectivity index (χ3n) is 3.00. The number of hydrogen-bond donors (Lipinski definition) is 1. The molecule has 1 amide bonds. The minimum absolute atomic E-state index is 0.215. The van der Waals surface area contributed by atoms with Gasteiger partial charge in [-0.05, 0) is 37.5 Å². The third kappa shape index (κ3) is 2.90. The molecule has 1 aromatic carbocycles. The molecule has 1 atom stereocenters. The van der Waals surface area contributed by atoms with Crippen molar-refractivity contribution in [3.05, 3.63) is 29.8 Å². The number of likely N-dealkylation sites (tertiary alicyclic amines) is 1. The van der Waals surface area contributed by atoms with E-state index >= 15 is 0 Å². The van der Waals surface area contributed by atoms with Gasteiger partial charge in [-0.3, -0.25) is 0 Å². The Balaban J connectivity index is 1.93. The number of phenolic OH excluding ortho intramolecular Hbond substituents is 1. The summed E-state index contributed by atoms with van der Waals surface area (Å²) in [5.74, 6) is 0.215. The molecule has 1 fully saturated rings. The van der Waals surface area contributed by atoms with Gasteiger partial charge in [0, 0.05) is 13.1 Å². The van der Waals surface area contributed by atoms with Crippen LogP contribution in [0.1, 0.15) is 31.4 Å². The summed E-state index contributed by atoms with van der Waals surface area (Å²) in [5, 5.41) is 9.18. The second kappa shape index (κ2) is 5.08. The lowest BCUT2D eigenvalue weighted by Gasteiger charge is -2.19. The Kier molecular flexibility index (Phi) is 3.52. The van der Waals surface area contributed by atoms with Gasteiger partial charge in [0.2, 0.25) is 0 Å². The summed E-state index contributed by atoms with van der Waals surface area (Å²) in [7, 11) is 0. The number of phenols is 1. The summed E-state index contributed by atoms with van der Waals surface area (Å²) in [4.78, 5) is 13.5. The van der Waals surface area contributed by atoms with Gasteiger partial charge in [0.05, 0.1) is 0 Å². The van der Waals surface area contributed by atoms with Gasteiger partial charge in [-0.15, -0.1) is 0 Å². The van der Waals surface area contributed by atoms with Crippen LogP contribution >= 0.6 is 0 Å². The van der Waals surface area contributed by atoms with Crippen molar-refractivity contribution in [2.45, 2.75) is 25.9 Å². The highest BCUT2D eigenvalue weighted by Gasteiger charge is 2.21. The first-order valence-electron chi connectivity index (χ1n) is 5.91. The standard InChI is InChI=1S/C13H17NO3/c1-10(11-4-6-12(15)7-5-11)17-13(16)14-8-2-3-9-14/h4-7,10,15H,2-3,8-9H2,1H3. The van der Waals surface area contributed by atoms with Crippen LogP contribution in [0.5, 0.6) is 5.75 Å². The van der Waals surface area contributed by atoms with Crippen molar-refractivity contribution < 1.29 is 14.6 Å². The maximum atomic E-state index is 11.8. The van der Waals surface area contributed by atoms with Crippen LogP contribution in [0.15, 0.2) is 24.3 Å². The fourth-order valence-electron chi connectivity index (χ4n) is 1.94. The number of hydrogen-bond acceptors (Lipinski definition) is 3. The number of benzene rings is 1. The van der Waals surface area contributed by atoms with Gasteiger partial charge >= 0.3 is 6.09 Å². The van der Waals surface area contributed by atoms with Crippen molar-refractivity contribution in [2.75, 3.05) is 13.1 Å². The minimum atomic E-state index is -0.288. The quantitative estimate of drug-likeness (QED) is 0.857. The van der Waals surface area contributed by atoms with E-state index in [1.54, 1.807) is 29.2 Å². The number of amides is 1. The summed E-state index contributed by atoms with van der Waals surface area (Å²) < 4.78 is 5.37. The van der Waals surface area contributed by atoms with Gasteiger partial charge in [-0.25, -0.2) is 4.79 Å². The molecule has 4 heteroatoms. The van der Waals surface area contributed by atoms with E-state index < -0.39 is 0 Å². The van der Waals surface area contributed by atoms with Crippen LogP contribution < -0.4 is 0 Å². The van der Waals surface area contributed by atoms with E-state index in [9.17, 15) is 9.90 Å². The molecule has 1 N–H and O–H groups in total. The maximum absolute atomic E-state index is 11.8. The lowest BCUT2D eigenvalue weighted by molar-refractivity contribution is 0.0761. The fourth-order valence-corrected chi connectivity index (χ4v) is 1.94. The molecule has 0 aromatic heterocycles. The Hall–Kier alpha value is -1.71. The highest BCUT2D eigenvalue weighted by atomic mass is 16.6. The van der Waals surface area contributed by atoms with Gasteiger partial charge in [-0.2, -0.15) is 0 Å². The number of ether oxygens (including phenoxy) is 1. The van der Waals surface area contributed by atoms with Gasteiger partial charge in [0.1, 0.15) is 11.9 Å². The molecule has 0 radical (unpaired) electrons. The predicted molar refractivity (Wildman–Crippen MR) is 63.8 cm³/mol. The van der Waals surface area contributed by atoms with E-state index in [1.165, 1.54) is 0 Å². The Morgan fingerprint density at radius 1 is 1.29 bits per heavy atom. The molecule has 1 aromatic rings. The van der Waals surface area contributed by atoms with E-state index in [2.05, 4.69) is 0 Å². The predicted octanol–water partition coefficient (Wildman–Crippen LogP) is 2.69. The van der Waals surface area contributed by atoms with E-state index in [0.717, 1.165) is 31.5 Å². The average Bonchev–Trinajstić information content (AvgIpc) is 2.83. The van der Waals surface area contributed by atoms with Crippen LogP contribution in [0.4, 0.5) is 4.79 Å². The van der Waals surface area contributed by atoms with E-state index in [4.69, 9.17) is 4.74 Å². The summed E-state index contributed by atoms with van der Waals surface area (Å²) in [6, 6.07) is 6.71. The molecule has 2 rings (SSSR count). The zero-order valence-corrected chi connectivity index (χ0v) is 9.93. The summed E-state index contributed by atoms with van der Waals surface area (Å²) >= 11 is 0. The summed E-state index contributed by atoms with van der Waals surface area (Å²) in [6.07, 6.45) is 1.58. The molecule has 1 aliphatic rings. The zero-order chi connectivity index (χ0) is 12.3. The molecular weight excluding hydrogens is 218 g/mol. The largest absolute Gasteiger partial charge is 0.508 e. The van der Waals surface area contributed by atoms with Gasteiger partial charge in [0.15, 0.2) is 0 Å². The molecule has 1 unspecified atom stereocenters. The Morgan fingerprint density at radius 2 is 1.88 bits per heavy atom. The average molecular weight is 235 g/mol. The first-order chi connectivity index (χ1) is 8.16. The number of nitrogens with zero attached hydrogens (tertiary/aromatic N) is 1. The van der Waals surface area contributed by atoms with E-state index in [1.807, 2.05) is 6.92 Å². The number of carbonyl (C=O) groups is 1. The second-order valence-electron chi connectivity index (χ2n) is 4.31. The van der Waals surface area contributed by atoms with Crippen LogP contribution in [0.25, 0.3) is 0 Å². The molecule has 92 valence electrons.